The van der Waals surface area contributed by atoms with Crippen LogP contribution < -0.4 is 5.73 Å². The zero-order valence-electron chi connectivity index (χ0n) is 12.7. The number of rotatable bonds is 2. The summed E-state index contributed by atoms with van der Waals surface area (Å²) in [6.07, 6.45) is 7.29. The van der Waals surface area contributed by atoms with Crippen LogP contribution in [0.2, 0.25) is 0 Å². The van der Waals surface area contributed by atoms with Gasteiger partial charge in [0.25, 0.3) is 0 Å². The van der Waals surface area contributed by atoms with Crippen LogP contribution in [0.15, 0.2) is 28.7 Å². The lowest BCUT2D eigenvalue weighted by Crippen LogP contribution is -2.49. The zero-order chi connectivity index (χ0) is 14.9. The normalized spacial score (nSPS) is 36.1. The van der Waals surface area contributed by atoms with Gasteiger partial charge in [-0.15, -0.1) is 0 Å². The van der Waals surface area contributed by atoms with Crippen LogP contribution in [-0.2, 0) is 0 Å². The van der Waals surface area contributed by atoms with E-state index >= 15 is 0 Å². The second-order valence-electron chi connectivity index (χ2n) is 7.93. The van der Waals surface area contributed by atoms with Crippen LogP contribution in [0.5, 0.6) is 0 Å². The van der Waals surface area contributed by atoms with Gasteiger partial charge in [-0.3, -0.25) is 4.79 Å². The van der Waals surface area contributed by atoms with Crippen molar-refractivity contribution in [3.05, 3.63) is 30.0 Å². The number of hydrogen-bond donors (Lipinski definition) is 1. The van der Waals surface area contributed by atoms with Gasteiger partial charge < -0.3 is 10.2 Å². The molecule has 0 amide bonds. The van der Waals surface area contributed by atoms with E-state index in [1.165, 1.54) is 19.3 Å². The molecule has 2 N–H and O–H groups in total. The van der Waals surface area contributed by atoms with Gasteiger partial charge in [0.2, 0.25) is 5.78 Å². The summed E-state index contributed by atoms with van der Waals surface area (Å²) in [5, 5.41) is 0.974. The van der Waals surface area contributed by atoms with Crippen LogP contribution in [-0.4, -0.2) is 5.78 Å². The van der Waals surface area contributed by atoms with Gasteiger partial charge in [0.15, 0.2) is 5.76 Å². The van der Waals surface area contributed by atoms with E-state index < -0.39 is 0 Å². The average molecular weight is 295 g/mol. The minimum atomic E-state index is -0.131. The molecule has 2 aromatic rings. The summed E-state index contributed by atoms with van der Waals surface area (Å²) in [5.74, 6) is 3.12. The van der Waals surface area contributed by atoms with Gasteiger partial charge in [-0.2, -0.15) is 0 Å². The molecule has 4 aliphatic carbocycles. The van der Waals surface area contributed by atoms with E-state index in [0.717, 1.165) is 48.0 Å². The van der Waals surface area contributed by atoms with Gasteiger partial charge in [0.1, 0.15) is 5.58 Å². The molecule has 0 aliphatic heterocycles. The number of Topliss-reactive ketones (excluding diaryl/α,β-unsaturated/α-hetero) is 1. The van der Waals surface area contributed by atoms with Gasteiger partial charge in [-0.25, -0.2) is 0 Å². The van der Waals surface area contributed by atoms with Crippen LogP contribution in [0.25, 0.3) is 11.0 Å². The third kappa shape index (κ3) is 1.71. The third-order valence-electron chi connectivity index (χ3n) is 6.29. The molecule has 1 aromatic carbocycles. The van der Waals surface area contributed by atoms with E-state index in [9.17, 15) is 4.79 Å². The van der Waals surface area contributed by atoms with Crippen molar-refractivity contribution in [1.82, 2.24) is 0 Å². The predicted octanol–water partition coefficient (Wildman–Crippen LogP) is 4.41. The molecule has 0 saturated heterocycles. The number of hydrogen-bond acceptors (Lipinski definition) is 3. The van der Waals surface area contributed by atoms with E-state index in [0.29, 0.717) is 11.4 Å². The van der Waals surface area contributed by atoms with Crippen molar-refractivity contribution >= 4 is 22.4 Å². The average Bonchev–Trinajstić information content (AvgIpc) is 2.87. The highest BCUT2D eigenvalue weighted by atomic mass is 16.3. The molecule has 0 radical (unpaired) electrons. The fourth-order valence-electron chi connectivity index (χ4n) is 5.81. The number of carbonyl (C=O) groups excluding carboxylic acids is 1. The molecular weight excluding hydrogens is 274 g/mol. The summed E-state index contributed by atoms with van der Waals surface area (Å²) in [6, 6.07) is 7.52. The van der Waals surface area contributed by atoms with Crippen LogP contribution in [0.1, 0.15) is 49.1 Å². The standard InChI is InChI=1S/C19H21NO2/c20-15-2-1-14-6-17(22-16(14)7-15)18(21)19-8-11-3-12(9-19)5-13(4-11)10-19/h1-2,6-7,11-13H,3-5,8-10,20H2. The fraction of sp³-hybridized carbons (Fsp3) is 0.526. The van der Waals surface area contributed by atoms with E-state index in [2.05, 4.69) is 0 Å². The Labute approximate surface area is 129 Å². The number of furan rings is 1. The largest absolute Gasteiger partial charge is 0.453 e. The number of ketones is 1. The highest BCUT2D eigenvalue weighted by molar-refractivity contribution is 6.01. The molecule has 0 spiro atoms. The molecule has 3 heteroatoms. The maximum atomic E-state index is 13.2. The Hall–Kier alpha value is -1.77. The van der Waals surface area contributed by atoms with Gasteiger partial charge in [0, 0.05) is 22.6 Å². The SMILES string of the molecule is Nc1ccc2cc(C(=O)C34CC5CC(CC(C5)C3)C4)oc2c1. The summed E-state index contributed by atoms with van der Waals surface area (Å²) in [4.78, 5) is 13.2. The minimum Gasteiger partial charge on any atom is -0.453 e. The van der Waals surface area contributed by atoms with E-state index in [1.807, 2.05) is 24.3 Å². The first-order chi connectivity index (χ1) is 10.6. The number of anilines is 1. The van der Waals surface area contributed by atoms with Gasteiger partial charge in [-0.1, -0.05) is 0 Å². The minimum absolute atomic E-state index is 0.131. The van der Waals surface area contributed by atoms with Crippen molar-refractivity contribution in [1.29, 1.82) is 0 Å². The molecule has 0 atom stereocenters. The zero-order valence-corrected chi connectivity index (χ0v) is 12.7. The smallest absolute Gasteiger partial charge is 0.204 e. The monoisotopic (exact) mass is 295 g/mol. The molecule has 22 heavy (non-hydrogen) atoms. The Morgan fingerprint density at radius 1 is 1.05 bits per heavy atom. The number of benzene rings is 1. The Balaban J connectivity index is 1.55. The molecule has 3 nitrogen and oxygen atoms in total. The lowest BCUT2D eigenvalue weighted by molar-refractivity contribution is -0.0364. The molecule has 1 aromatic heterocycles. The third-order valence-corrected chi connectivity index (χ3v) is 6.29. The molecule has 4 saturated carbocycles. The molecule has 4 aliphatic rings. The number of nitrogens with two attached hydrogens (primary N) is 1. The number of fused-ring (bicyclic) bond motifs is 1. The first-order valence-corrected chi connectivity index (χ1v) is 8.45. The van der Waals surface area contributed by atoms with E-state index in [-0.39, 0.29) is 11.2 Å². The maximum absolute atomic E-state index is 13.2. The second-order valence-corrected chi connectivity index (χ2v) is 7.93. The Morgan fingerprint density at radius 2 is 1.68 bits per heavy atom. The molecule has 4 bridgehead atoms. The lowest BCUT2D eigenvalue weighted by Gasteiger charge is -2.55. The highest BCUT2D eigenvalue weighted by Crippen LogP contribution is 2.61. The van der Waals surface area contributed by atoms with Crippen LogP contribution in [0, 0.1) is 23.2 Å². The first kappa shape index (κ1) is 12.7. The second kappa shape index (κ2) is 4.15. The van der Waals surface area contributed by atoms with Crippen LogP contribution >= 0.6 is 0 Å². The molecule has 4 fully saturated rings. The molecule has 0 unspecified atom stereocenters. The summed E-state index contributed by atoms with van der Waals surface area (Å²) in [6.45, 7) is 0. The number of nitrogen functional groups attached to an aromatic ring is 1. The lowest BCUT2D eigenvalue weighted by atomic mass is 9.48. The van der Waals surface area contributed by atoms with Crippen LogP contribution in [0.3, 0.4) is 0 Å². The molecule has 114 valence electrons. The van der Waals surface area contributed by atoms with Gasteiger partial charge >= 0.3 is 0 Å². The Bertz CT molecular complexity index is 738. The summed E-state index contributed by atoms with van der Waals surface area (Å²) in [7, 11) is 0. The van der Waals surface area contributed by atoms with E-state index in [1.54, 1.807) is 0 Å². The molecule has 1 heterocycles. The van der Waals surface area contributed by atoms with Crippen molar-refractivity contribution in [3.63, 3.8) is 0 Å². The maximum Gasteiger partial charge on any atom is 0.204 e. The summed E-state index contributed by atoms with van der Waals surface area (Å²) < 4.78 is 5.87. The highest BCUT2D eigenvalue weighted by Gasteiger charge is 2.55. The van der Waals surface area contributed by atoms with Crippen molar-refractivity contribution in [2.45, 2.75) is 38.5 Å². The Kier molecular flexibility index (Phi) is 2.41. The van der Waals surface area contributed by atoms with E-state index in [4.69, 9.17) is 10.2 Å². The fourth-order valence-corrected chi connectivity index (χ4v) is 5.81. The topological polar surface area (TPSA) is 56.2 Å². The quantitative estimate of drug-likeness (QED) is 0.659. The van der Waals surface area contributed by atoms with Crippen molar-refractivity contribution in [2.24, 2.45) is 23.2 Å². The molecule has 6 rings (SSSR count). The predicted molar refractivity (Wildman–Crippen MR) is 85.6 cm³/mol. The molecular formula is C19H21NO2. The van der Waals surface area contributed by atoms with Crippen molar-refractivity contribution in [3.8, 4) is 0 Å². The van der Waals surface area contributed by atoms with Crippen LogP contribution in [0.4, 0.5) is 5.69 Å². The number of carbonyl (C=O) groups is 1. The Morgan fingerprint density at radius 3 is 2.32 bits per heavy atom. The van der Waals surface area contributed by atoms with Crippen molar-refractivity contribution in [2.75, 3.05) is 5.73 Å². The van der Waals surface area contributed by atoms with Gasteiger partial charge in [-0.05, 0) is 74.5 Å². The summed E-state index contributed by atoms with van der Waals surface area (Å²) in [5.41, 5.74) is 7.09. The first-order valence-electron chi connectivity index (χ1n) is 8.45. The van der Waals surface area contributed by atoms with Gasteiger partial charge in [0.05, 0.1) is 0 Å². The van der Waals surface area contributed by atoms with Crippen molar-refractivity contribution < 1.29 is 9.21 Å². The summed E-state index contributed by atoms with van der Waals surface area (Å²) >= 11 is 0.